The van der Waals surface area contributed by atoms with Gasteiger partial charge in [0.25, 0.3) is 0 Å². The molecule has 2 rings (SSSR count). The van der Waals surface area contributed by atoms with Crippen LogP contribution in [0.2, 0.25) is 0 Å². The van der Waals surface area contributed by atoms with Gasteiger partial charge in [-0.25, -0.2) is 4.39 Å². The van der Waals surface area contributed by atoms with Crippen molar-refractivity contribution in [3.8, 4) is 5.75 Å². The number of thiocarbonyl (C=S) groups is 1. The van der Waals surface area contributed by atoms with Crippen molar-refractivity contribution in [1.29, 1.82) is 0 Å². The monoisotopic (exact) mass is 299 g/mol. The SMILES string of the molecule is NC(=S)Nc1cc(F)ccc1OCCN1CCOCC1. The molecule has 0 amide bonds. The Morgan fingerprint density at radius 1 is 1.45 bits per heavy atom. The van der Waals surface area contributed by atoms with E-state index in [4.69, 9.17) is 27.4 Å². The summed E-state index contributed by atoms with van der Waals surface area (Å²) in [6, 6.07) is 4.22. The molecule has 0 radical (unpaired) electrons. The second-order valence-corrected chi connectivity index (χ2v) is 4.87. The number of ether oxygens (including phenoxy) is 2. The van der Waals surface area contributed by atoms with Crippen LogP contribution < -0.4 is 15.8 Å². The van der Waals surface area contributed by atoms with Gasteiger partial charge in [0, 0.05) is 25.7 Å². The average molecular weight is 299 g/mol. The first kappa shape index (κ1) is 15.0. The zero-order valence-electron chi connectivity index (χ0n) is 11.1. The minimum absolute atomic E-state index is 0.0774. The number of nitrogens with one attached hydrogen (secondary N) is 1. The Hall–Kier alpha value is -1.44. The van der Waals surface area contributed by atoms with Gasteiger partial charge < -0.3 is 20.5 Å². The van der Waals surface area contributed by atoms with Gasteiger partial charge in [0.2, 0.25) is 0 Å². The molecule has 1 aliphatic heterocycles. The van der Waals surface area contributed by atoms with Gasteiger partial charge in [0.1, 0.15) is 18.2 Å². The molecular formula is C13H18FN3O2S. The molecule has 20 heavy (non-hydrogen) atoms. The van der Waals surface area contributed by atoms with Crippen molar-refractivity contribution in [3.05, 3.63) is 24.0 Å². The largest absolute Gasteiger partial charge is 0.490 e. The number of hydrogen-bond acceptors (Lipinski definition) is 4. The zero-order valence-corrected chi connectivity index (χ0v) is 11.9. The standard InChI is InChI=1S/C13H18FN3O2S/c14-10-1-2-12(11(9-10)16-13(15)20)19-8-5-17-3-6-18-7-4-17/h1-2,9H,3-8H2,(H3,15,16,20). The van der Waals surface area contributed by atoms with Crippen molar-refractivity contribution in [2.24, 2.45) is 5.73 Å². The molecular weight excluding hydrogens is 281 g/mol. The molecule has 0 bridgehead atoms. The Labute approximate surface area is 122 Å². The molecule has 110 valence electrons. The highest BCUT2D eigenvalue weighted by Crippen LogP contribution is 2.25. The smallest absolute Gasteiger partial charge is 0.168 e. The van der Waals surface area contributed by atoms with Gasteiger partial charge in [0.05, 0.1) is 18.9 Å². The number of halogens is 1. The minimum Gasteiger partial charge on any atom is -0.490 e. The van der Waals surface area contributed by atoms with Gasteiger partial charge in [-0.3, -0.25) is 4.90 Å². The van der Waals surface area contributed by atoms with E-state index in [1.807, 2.05) is 0 Å². The third-order valence-corrected chi connectivity index (χ3v) is 3.07. The predicted molar refractivity (Wildman–Crippen MR) is 79.6 cm³/mol. The summed E-state index contributed by atoms with van der Waals surface area (Å²) in [5.74, 6) is 0.164. The van der Waals surface area contributed by atoms with Crippen molar-refractivity contribution < 1.29 is 13.9 Å². The van der Waals surface area contributed by atoms with Gasteiger partial charge in [-0.15, -0.1) is 0 Å². The lowest BCUT2D eigenvalue weighted by Crippen LogP contribution is -2.38. The highest BCUT2D eigenvalue weighted by atomic mass is 32.1. The van der Waals surface area contributed by atoms with E-state index in [1.165, 1.54) is 12.1 Å². The number of benzene rings is 1. The molecule has 1 aliphatic rings. The second-order valence-electron chi connectivity index (χ2n) is 4.43. The van der Waals surface area contributed by atoms with Crippen LogP contribution >= 0.6 is 12.2 Å². The lowest BCUT2D eigenvalue weighted by atomic mass is 10.3. The number of anilines is 1. The minimum atomic E-state index is -0.371. The van der Waals surface area contributed by atoms with Gasteiger partial charge in [-0.1, -0.05) is 0 Å². The Bertz CT molecular complexity index is 467. The number of nitrogens with zero attached hydrogens (tertiary/aromatic N) is 1. The topological polar surface area (TPSA) is 59.8 Å². The number of rotatable bonds is 5. The molecule has 0 spiro atoms. The van der Waals surface area contributed by atoms with E-state index in [0.717, 1.165) is 32.8 Å². The van der Waals surface area contributed by atoms with Gasteiger partial charge in [-0.2, -0.15) is 0 Å². The molecule has 1 saturated heterocycles. The van der Waals surface area contributed by atoms with Crippen LogP contribution in [-0.4, -0.2) is 49.5 Å². The molecule has 0 atom stereocenters. The molecule has 1 aromatic rings. The van der Waals surface area contributed by atoms with Crippen LogP contribution in [0.4, 0.5) is 10.1 Å². The fraction of sp³-hybridized carbons (Fsp3) is 0.462. The first-order valence-electron chi connectivity index (χ1n) is 6.44. The van der Waals surface area contributed by atoms with E-state index >= 15 is 0 Å². The molecule has 0 unspecified atom stereocenters. The summed E-state index contributed by atoms with van der Waals surface area (Å²) in [6.07, 6.45) is 0. The molecule has 1 heterocycles. The summed E-state index contributed by atoms with van der Waals surface area (Å²) >= 11 is 4.76. The number of nitrogens with two attached hydrogens (primary N) is 1. The van der Waals surface area contributed by atoms with Crippen LogP contribution in [-0.2, 0) is 4.74 Å². The van der Waals surface area contributed by atoms with Crippen LogP contribution in [0.15, 0.2) is 18.2 Å². The lowest BCUT2D eigenvalue weighted by Gasteiger charge is -2.26. The first-order chi connectivity index (χ1) is 9.65. The predicted octanol–water partition coefficient (Wildman–Crippen LogP) is 1.19. The number of morpholine rings is 1. The average Bonchev–Trinajstić information content (AvgIpc) is 2.42. The molecule has 0 saturated carbocycles. The van der Waals surface area contributed by atoms with Crippen molar-refractivity contribution in [2.45, 2.75) is 0 Å². The molecule has 0 aromatic heterocycles. The maximum absolute atomic E-state index is 13.2. The van der Waals surface area contributed by atoms with E-state index in [-0.39, 0.29) is 10.9 Å². The molecule has 7 heteroatoms. The summed E-state index contributed by atoms with van der Waals surface area (Å²) in [6.45, 7) is 4.63. The molecule has 1 aromatic carbocycles. The second kappa shape index (κ2) is 7.37. The number of hydrogen-bond donors (Lipinski definition) is 2. The maximum atomic E-state index is 13.2. The van der Waals surface area contributed by atoms with Crippen LogP contribution in [0.25, 0.3) is 0 Å². The summed E-state index contributed by atoms with van der Waals surface area (Å²) in [5, 5.41) is 2.79. The third-order valence-electron chi connectivity index (χ3n) is 2.97. The molecule has 0 aliphatic carbocycles. The fourth-order valence-electron chi connectivity index (χ4n) is 1.97. The fourth-order valence-corrected chi connectivity index (χ4v) is 2.08. The quantitative estimate of drug-likeness (QED) is 0.797. The summed E-state index contributed by atoms with van der Waals surface area (Å²) < 4.78 is 24.2. The molecule has 1 fully saturated rings. The van der Waals surface area contributed by atoms with Crippen molar-refractivity contribution in [1.82, 2.24) is 4.90 Å². The summed E-state index contributed by atoms with van der Waals surface area (Å²) in [4.78, 5) is 2.26. The highest BCUT2D eigenvalue weighted by molar-refractivity contribution is 7.80. The van der Waals surface area contributed by atoms with Crippen LogP contribution in [0.1, 0.15) is 0 Å². The van der Waals surface area contributed by atoms with Crippen LogP contribution in [0, 0.1) is 5.82 Å². The van der Waals surface area contributed by atoms with E-state index in [0.29, 0.717) is 18.0 Å². The normalized spacial score (nSPS) is 15.8. The Morgan fingerprint density at radius 2 is 2.20 bits per heavy atom. The van der Waals surface area contributed by atoms with E-state index in [1.54, 1.807) is 6.07 Å². The van der Waals surface area contributed by atoms with E-state index in [9.17, 15) is 4.39 Å². The Morgan fingerprint density at radius 3 is 2.90 bits per heavy atom. The Balaban J connectivity index is 1.89. The van der Waals surface area contributed by atoms with E-state index < -0.39 is 0 Å². The van der Waals surface area contributed by atoms with Crippen molar-refractivity contribution in [2.75, 3.05) is 44.8 Å². The summed E-state index contributed by atoms with van der Waals surface area (Å²) in [5.41, 5.74) is 5.85. The zero-order chi connectivity index (χ0) is 14.4. The lowest BCUT2D eigenvalue weighted by molar-refractivity contribution is 0.0323. The third kappa shape index (κ3) is 4.59. The summed E-state index contributed by atoms with van der Waals surface area (Å²) in [7, 11) is 0. The van der Waals surface area contributed by atoms with Gasteiger partial charge >= 0.3 is 0 Å². The van der Waals surface area contributed by atoms with Crippen molar-refractivity contribution >= 4 is 23.0 Å². The van der Waals surface area contributed by atoms with Crippen molar-refractivity contribution in [3.63, 3.8) is 0 Å². The highest BCUT2D eigenvalue weighted by Gasteiger charge is 2.11. The molecule has 3 N–H and O–H groups in total. The molecule has 5 nitrogen and oxygen atoms in total. The van der Waals surface area contributed by atoms with Crippen LogP contribution in [0.5, 0.6) is 5.75 Å². The first-order valence-corrected chi connectivity index (χ1v) is 6.85. The van der Waals surface area contributed by atoms with Crippen LogP contribution in [0.3, 0.4) is 0 Å². The maximum Gasteiger partial charge on any atom is 0.168 e. The van der Waals surface area contributed by atoms with Gasteiger partial charge in [0.15, 0.2) is 5.11 Å². The van der Waals surface area contributed by atoms with E-state index in [2.05, 4.69) is 10.2 Å². The van der Waals surface area contributed by atoms with Gasteiger partial charge in [-0.05, 0) is 24.4 Å². The Kier molecular flexibility index (Phi) is 5.51.